The standard InChI is InChI=1S/C14H16FN3O/c1-9-13(16-8-17-14(9)19-3)18-10(2)11-4-6-12(15)7-5-11/h4-8,10H,1-3H3,(H,16,17,18). The molecule has 1 unspecified atom stereocenters. The highest BCUT2D eigenvalue weighted by Crippen LogP contribution is 2.24. The number of halogens is 1. The van der Waals surface area contributed by atoms with Gasteiger partial charge in [-0.25, -0.2) is 14.4 Å². The third-order valence-electron chi connectivity index (χ3n) is 2.95. The van der Waals surface area contributed by atoms with Gasteiger partial charge in [0, 0.05) is 6.04 Å². The summed E-state index contributed by atoms with van der Waals surface area (Å²) in [5, 5.41) is 3.27. The lowest BCUT2D eigenvalue weighted by molar-refractivity contribution is 0.393. The molecule has 5 heteroatoms. The molecule has 4 nitrogen and oxygen atoms in total. The maximum absolute atomic E-state index is 12.9. The van der Waals surface area contributed by atoms with Crippen LogP contribution >= 0.6 is 0 Å². The van der Waals surface area contributed by atoms with Gasteiger partial charge in [-0.3, -0.25) is 0 Å². The van der Waals surface area contributed by atoms with Crippen LogP contribution in [0.15, 0.2) is 30.6 Å². The van der Waals surface area contributed by atoms with Gasteiger partial charge in [0.25, 0.3) is 0 Å². The Kier molecular flexibility index (Phi) is 3.94. The molecule has 1 N–H and O–H groups in total. The van der Waals surface area contributed by atoms with Crippen molar-refractivity contribution in [2.24, 2.45) is 0 Å². The summed E-state index contributed by atoms with van der Waals surface area (Å²) < 4.78 is 18.0. The van der Waals surface area contributed by atoms with Gasteiger partial charge in [-0.05, 0) is 31.5 Å². The number of aromatic nitrogens is 2. The number of hydrogen-bond acceptors (Lipinski definition) is 4. The third kappa shape index (κ3) is 2.99. The van der Waals surface area contributed by atoms with Crippen molar-refractivity contribution in [2.45, 2.75) is 19.9 Å². The van der Waals surface area contributed by atoms with Crippen molar-refractivity contribution in [1.29, 1.82) is 0 Å². The van der Waals surface area contributed by atoms with E-state index in [1.807, 2.05) is 13.8 Å². The number of nitrogens with one attached hydrogen (secondary N) is 1. The molecule has 0 fully saturated rings. The Bertz CT molecular complexity index is 557. The van der Waals surface area contributed by atoms with Crippen LogP contribution in [-0.4, -0.2) is 17.1 Å². The van der Waals surface area contributed by atoms with E-state index in [9.17, 15) is 4.39 Å². The smallest absolute Gasteiger partial charge is 0.221 e. The second-order valence-electron chi connectivity index (χ2n) is 4.27. The molecular weight excluding hydrogens is 245 g/mol. The number of methoxy groups -OCH3 is 1. The van der Waals surface area contributed by atoms with Crippen LogP contribution in [0.25, 0.3) is 0 Å². The molecule has 1 aromatic heterocycles. The van der Waals surface area contributed by atoms with E-state index in [0.29, 0.717) is 11.7 Å². The number of benzene rings is 1. The van der Waals surface area contributed by atoms with Crippen molar-refractivity contribution >= 4 is 5.82 Å². The van der Waals surface area contributed by atoms with E-state index in [1.54, 1.807) is 19.2 Å². The van der Waals surface area contributed by atoms with Crippen LogP contribution in [0.2, 0.25) is 0 Å². The zero-order valence-corrected chi connectivity index (χ0v) is 11.1. The van der Waals surface area contributed by atoms with Gasteiger partial charge in [0.1, 0.15) is 18.0 Å². The summed E-state index contributed by atoms with van der Waals surface area (Å²) in [6.07, 6.45) is 1.45. The van der Waals surface area contributed by atoms with Crippen molar-refractivity contribution in [1.82, 2.24) is 9.97 Å². The van der Waals surface area contributed by atoms with E-state index in [4.69, 9.17) is 4.74 Å². The van der Waals surface area contributed by atoms with Gasteiger partial charge in [0.2, 0.25) is 5.88 Å². The Morgan fingerprint density at radius 1 is 1.21 bits per heavy atom. The summed E-state index contributed by atoms with van der Waals surface area (Å²) in [6.45, 7) is 3.87. The highest BCUT2D eigenvalue weighted by Gasteiger charge is 2.11. The van der Waals surface area contributed by atoms with Crippen LogP contribution in [0.4, 0.5) is 10.2 Å². The SMILES string of the molecule is COc1ncnc(NC(C)c2ccc(F)cc2)c1C. The number of hydrogen-bond donors (Lipinski definition) is 1. The molecule has 0 saturated carbocycles. The highest BCUT2D eigenvalue weighted by molar-refractivity contribution is 5.49. The predicted octanol–water partition coefficient (Wildman–Crippen LogP) is 3.11. The molecule has 0 aliphatic carbocycles. The number of rotatable bonds is 4. The molecule has 0 aliphatic rings. The Morgan fingerprint density at radius 2 is 1.89 bits per heavy atom. The van der Waals surface area contributed by atoms with E-state index in [0.717, 1.165) is 11.1 Å². The lowest BCUT2D eigenvalue weighted by atomic mass is 10.1. The van der Waals surface area contributed by atoms with Gasteiger partial charge < -0.3 is 10.1 Å². The molecule has 1 atom stereocenters. The Morgan fingerprint density at radius 3 is 2.53 bits per heavy atom. The van der Waals surface area contributed by atoms with Gasteiger partial charge in [0.05, 0.1) is 12.7 Å². The molecular formula is C14H16FN3O. The zero-order chi connectivity index (χ0) is 13.8. The van der Waals surface area contributed by atoms with E-state index in [1.165, 1.54) is 18.5 Å². The minimum atomic E-state index is -0.240. The Labute approximate surface area is 111 Å². The lowest BCUT2D eigenvalue weighted by Crippen LogP contribution is -2.10. The molecule has 0 bridgehead atoms. The molecule has 1 aromatic carbocycles. The van der Waals surface area contributed by atoms with Crippen molar-refractivity contribution in [3.05, 3.63) is 47.5 Å². The van der Waals surface area contributed by atoms with Crippen LogP contribution in [0, 0.1) is 12.7 Å². The quantitative estimate of drug-likeness (QED) is 0.918. The first-order valence-corrected chi connectivity index (χ1v) is 5.99. The molecule has 1 heterocycles. The fourth-order valence-electron chi connectivity index (χ4n) is 1.83. The monoisotopic (exact) mass is 261 g/mol. The Hall–Kier alpha value is -2.17. The summed E-state index contributed by atoms with van der Waals surface area (Å²) in [5.41, 5.74) is 1.83. The zero-order valence-electron chi connectivity index (χ0n) is 11.1. The molecule has 19 heavy (non-hydrogen) atoms. The number of nitrogens with zero attached hydrogens (tertiary/aromatic N) is 2. The number of ether oxygens (including phenoxy) is 1. The molecule has 100 valence electrons. The second kappa shape index (κ2) is 5.65. The molecule has 0 saturated heterocycles. The minimum Gasteiger partial charge on any atom is -0.481 e. The molecule has 2 aromatic rings. The lowest BCUT2D eigenvalue weighted by Gasteiger charge is -2.17. The molecule has 0 amide bonds. The van der Waals surface area contributed by atoms with Gasteiger partial charge in [-0.15, -0.1) is 0 Å². The van der Waals surface area contributed by atoms with Gasteiger partial charge in [-0.1, -0.05) is 12.1 Å². The fourth-order valence-corrected chi connectivity index (χ4v) is 1.83. The maximum Gasteiger partial charge on any atom is 0.221 e. The average molecular weight is 261 g/mol. The summed E-state index contributed by atoms with van der Waals surface area (Å²) in [7, 11) is 1.57. The summed E-state index contributed by atoms with van der Waals surface area (Å²) in [4.78, 5) is 8.22. The summed E-state index contributed by atoms with van der Waals surface area (Å²) >= 11 is 0. The van der Waals surface area contributed by atoms with Gasteiger partial charge in [0.15, 0.2) is 0 Å². The number of anilines is 1. The van der Waals surface area contributed by atoms with Gasteiger partial charge in [-0.2, -0.15) is 0 Å². The highest BCUT2D eigenvalue weighted by atomic mass is 19.1. The first kappa shape index (κ1) is 13.3. The van der Waals surface area contributed by atoms with E-state index in [-0.39, 0.29) is 11.9 Å². The van der Waals surface area contributed by atoms with Crippen molar-refractivity contribution in [3.8, 4) is 5.88 Å². The van der Waals surface area contributed by atoms with E-state index >= 15 is 0 Å². The van der Waals surface area contributed by atoms with Crippen molar-refractivity contribution in [3.63, 3.8) is 0 Å². The molecule has 0 radical (unpaired) electrons. The van der Waals surface area contributed by atoms with Crippen LogP contribution in [0.1, 0.15) is 24.1 Å². The average Bonchev–Trinajstić information content (AvgIpc) is 2.42. The van der Waals surface area contributed by atoms with Crippen molar-refractivity contribution in [2.75, 3.05) is 12.4 Å². The molecule has 0 aliphatic heterocycles. The van der Waals surface area contributed by atoms with Crippen LogP contribution in [0.5, 0.6) is 5.88 Å². The summed E-state index contributed by atoms with van der Waals surface area (Å²) in [6, 6.07) is 6.41. The molecule has 2 rings (SSSR count). The fraction of sp³-hybridized carbons (Fsp3) is 0.286. The largest absolute Gasteiger partial charge is 0.481 e. The van der Waals surface area contributed by atoms with Crippen LogP contribution < -0.4 is 10.1 Å². The minimum absolute atomic E-state index is 0.0129. The first-order valence-electron chi connectivity index (χ1n) is 5.99. The van der Waals surface area contributed by atoms with E-state index < -0.39 is 0 Å². The Balaban J connectivity index is 2.19. The maximum atomic E-state index is 12.9. The van der Waals surface area contributed by atoms with Gasteiger partial charge >= 0.3 is 0 Å². The predicted molar refractivity (Wildman–Crippen MR) is 71.8 cm³/mol. The van der Waals surface area contributed by atoms with Crippen LogP contribution in [-0.2, 0) is 0 Å². The van der Waals surface area contributed by atoms with E-state index in [2.05, 4.69) is 15.3 Å². The second-order valence-corrected chi connectivity index (χ2v) is 4.27. The normalized spacial score (nSPS) is 12.0. The first-order chi connectivity index (χ1) is 9.11. The molecule has 0 spiro atoms. The van der Waals surface area contributed by atoms with Crippen LogP contribution in [0.3, 0.4) is 0 Å². The topological polar surface area (TPSA) is 47.0 Å². The summed E-state index contributed by atoms with van der Waals surface area (Å²) in [5.74, 6) is 1.02. The third-order valence-corrected chi connectivity index (χ3v) is 2.95. The van der Waals surface area contributed by atoms with Crippen molar-refractivity contribution < 1.29 is 9.13 Å².